The number of benzene rings is 3. The third kappa shape index (κ3) is 7.05. The maximum Gasteiger partial charge on any atom is 0.315 e. The Balaban J connectivity index is 1.27. The third-order valence-electron chi connectivity index (χ3n) is 7.78. The lowest BCUT2D eigenvalue weighted by Crippen LogP contribution is -2.35. The molecule has 0 bridgehead atoms. The van der Waals surface area contributed by atoms with E-state index in [4.69, 9.17) is 28.4 Å². The molecular formula is C33H37N3O9. The Morgan fingerprint density at radius 3 is 2.40 bits per heavy atom. The van der Waals surface area contributed by atoms with Gasteiger partial charge in [-0.15, -0.1) is 0 Å². The van der Waals surface area contributed by atoms with E-state index in [2.05, 4.69) is 4.99 Å². The molecular weight excluding hydrogens is 582 g/mol. The lowest BCUT2D eigenvalue weighted by atomic mass is 10.1. The standard InChI is InChI=1S/C33H37N3O9/c1-5-7-22(13-15-43-32-19-26-25(18-31(32)42-4)33(37)35-14-6-8-21(35)20-34-26)44-23-9-11-28(27(16-23)36(38)39)45-24-10-12-29(40-2)30(17-24)41-3/h9-12,16-22H,5-8,13-15H2,1-4H3/t21-,22?/m0/s1. The number of hydrogen-bond donors (Lipinski definition) is 0. The van der Waals surface area contributed by atoms with Gasteiger partial charge in [-0.3, -0.25) is 19.9 Å². The monoisotopic (exact) mass is 619 g/mol. The number of nitro benzene ring substituents is 1. The molecule has 2 aliphatic rings. The molecule has 5 rings (SSSR count). The Morgan fingerprint density at radius 2 is 1.67 bits per heavy atom. The van der Waals surface area contributed by atoms with Gasteiger partial charge in [0.15, 0.2) is 23.0 Å². The van der Waals surface area contributed by atoms with Gasteiger partial charge >= 0.3 is 5.69 Å². The summed E-state index contributed by atoms with van der Waals surface area (Å²) >= 11 is 0. The van der Waals surface area contributed by atoms with Crippen molar-refractivity contribution in [2.24, 2.45) is 4.99 Å². The quantitative estimate of drug-likeness (QED) is 0.142. The first-order valence-electron chi connectivity index (χ1n) is 14.9. The first-order valence-corrected chi connectivity index (χ1v) is 14.9. The molecule has 0 aromatic heterocycles. The minimum Gasteiger partial charge on any atom is -0.493 e. The van der Waals surface area contributed by atoms with Crippen LogP contribution >= 0.6 is 0 Å². The molecule has 12 heteroatoms. The zero-order valence-electron chi connectivity index (χ0n) is 25.8. The number of fused-ring (bicyclic) bond motifs is 2. The van der Waals surface area contributed by atoms with Crippen molar-refractivity contribution in [2.45, 2.75) is 51.2 Å². The summed E-state index contributed by atoms with van der Waals surface area (Å²) in [5.41, 5.74) is 0.806. The van der Waals surface area contributed by atoms with Gasteiger partial charge in [0.2, 0.25) is 5.75 Å². The minimum atomic E-state index is -0.511. The van der Waals surface area contributed by atoms with Gasteiger partial charge in [-0.05, 0) is 49.6 Å². The fourth-order valence-corrected chi connectivity index (χ4v) is 5.50. The summed E-state index contributed by atoms with van der Waals surface area (Å²) in [6, 6.07) is 12.8. The van der Waals surface area contributed by atoms with Crippen LogP contribution in [-0.4, -0.2) is 68.6 Å². The number of rotatable bonds is 14. The molecule has 1 amide bonds. The van der Waals surface area contributed by atoms with Crippen molar-refractivity contribution in [1.29, 1.82) is 0 Å². The molecule has 1 unspecified atom stereocenters. The number of aliphatic imine (C=N–C) groups is 1. The Morgan fingerprint density at radius 1 is 0.933 bits per heavy atom. The van der Waals surface area contributed by atoms with Crippen molar-refractivity contribution >= 4 is 23.5 Å². The molecule has 12 nitrogen and oxygen atoms in total. The van der Waals surface area contributed by atoms with E-state index >= 15 is 0 Å². The lowest BCUT2D eigenvalue weighted by Gasteiger charge is -2.21. The summed E-state index contributed by atoms with van der Waals surface area (Å²) in [6.45, 7) is 3.04. The highest BCUT2D eigenvalue weighted by Gasteiger charge is 2.32. The highest BCUT2D eigenvalue weighted by Crippen LogP contribution is 2.40. The van der Waals surface area contributed by atoms with Crippen molar-refractivity contribution in [1.82, 2.24) is 4.90 Å². The van der Waals surface area contributed by atoms with Crippen LogP contribution in [0.1, 0.15) is 49.4 Å². The SMILES string of the molecule is CCCC(CCOc1cc2c(cc1OC)C(=O)N1CCC[C@H]1C=N2)Oc1ccc(Oc2ccc(OC)c(OC)c2)c([N+](=O)[O-])c1. The second-order valence-electron chi connectivity index (χ2n) is 10.7. The lowest BCUT2D eigenvalue weighted by molar-refractivity contribution is -0.385. The fourth-order valence-electron chi connectivity index (χ4n) is 5.50. The van der Waals surface area contributed by atoms with E-state index in [1.54, 1.807) is 36.4 Å². The topological polar surface area (TPSA) is 131 Å². The Kier molecular flexibility index (Phi) is 9.91. The molecule has 45 heavy (non-hydrogen) atoms. The van der Waals surface area contributed by atoms with E-state index < -0.39 is 4.92 Å². The molecule has 0 spiro atoms. The average molecular weight is 620 g/mol. The van der Waals surface area contributed by atoms with Crippen LogP contribution in [0, 0.1) is 10.1 Å². The summed E-state index contributed by atoms with van der Waals surface area (Å²) in [5, 5.41) is 11.9. The zero-order chi connectivity index (χ0) is 31.9. The maximum atomic E-state index is 13.1. The maximum absolute atomic E-state index is 13.1. The number of hydrogen-bond acceptors (Lipinski definition) is 10. The van der Waals surface area contributed by atoms with Gasteiger partial charge in [0.1, 0.15) is 17.6 Å². The molecule has 238 valence electrons. The highest BCUT2D eigenvalue weighted by molar-refractivity contribution is 6.03. The fraction of sp³-hybridized carbons (Fsp3) is 0.394. The Bertz CT molecular complexity index is 1580. The van der Waals surface area contributed by atoms with Crippen molar-refractivity contribution in [3.05, 3.63) is 64.2 Å². The Hall–Kier alpha value is -5.00. The van der Waals surface area contributed by atoms with Gasteiger partial charge in [-0.1, -0.05) is 13.3 Å². The summed E-state index contributed by atoms with van der Waals surface area (Å²) in [5.74, 6) is 2.58. The first-order chi connectivity index (χ1) is 21.8. The van der Waals surface area contributed by atoms with E-state index in [0.717, 1.165) is 19.3 Å². The van der Waals surface area contributed by atoms with Gasteiger partial charge in [0.05, 0.1) is 56.2 Å². The van der Waals surface area contributed by atoms with Gasteiger partial charge in [0.25, 0.3) is 5.91 Å². The van der Waals surface area contributed by atoms with E-state index in [0.29, 0.717) is 65.1 Å². The molecule has 1 saturated heterocycles. The van der Waals surface area contributed by atoms with Gasteiger partial charge in [0, 0.05) is 31.3 Å². The summed E-state index contributed by atoms with van der Waals surface area (Å²) in [6.07, 6.45) is 5.47. The van der Waals surface area contributed by atoms with Gasteiger partial charge < -0.3 is 33.3 Å². The summed E-state index contributed by atoms with van der Waals surface area (Å²) < 4.78 is 34.2. The third-order valence-corrected chi connectivity index (χ3v) is 7.78. The van der Waals surface area contributed by atoms with Crippen LogP contribution in [0.3, 0.4) is 0 Å². The van der Waals surface area contributed by atoms with Crippen molar-refractivity contribution in [3.63, 3.8) is 0 Å². The predicted octanol–water partition coefficient (Wildman–Crippen LogP) is 6.75. The van der Waals surface area contributed by atoms with Gasteiger partial charge in [-0.25, -0.2) is 0 Å². The number of carbonyl (C=O) groups excluding carboxylic acids is 1. The van der Waals surface area contributed by atoms with Crippen LogP contribution < -0.4 is 28.4 Å². The molecule has 2 atom stereocenters. The van der Waals surface area contributed by atoms with E-state index in [9.17, 15) is 14.9 Å². The summed E-state index contributed by atoms with van der Waals surface area (Å²) in [7, 11) is 4.55. The number of amides is 1. The number of carbonyl (C=O) groups is 1. The molecule has 0 radical (unpaired) electrons. The number of methoxy groups -OCH3 is 3. The van der Waals surface area contributed by atoms with Crippen LogP contribution in [0.25, 0.3) is 0 Å². The molecule has 1 fully saturated rings. The Labute approximate surface area is 261 Å². The molecule has 2 aliphatic heterocycles. The molecule has 0 N–H and O–H groups in total. The van der Waals surface area contributed by atoms with Crippen LogP contribution in [0.4, 0.5) is 11.4 Å². The van der Waals surface area contributed by atoms with Crippen molar-refractivity contribution in [3.8, 4) is 40.2 Å². The van der Waals surface area contributed by atoms with E-state index in [1.807, 2.05) is 18.0 Å². The van der Waals surface area contributed by atoms with E-state index in [1.165, 1.54) is 33.5 Å². The minimum absolute atomic E-state index is 0.00891. The van der Waals surface area contributed by atoms with Crippen molar-refractivity contribution in [2.75, 3.05) is 34.5 Å². The number of nitro groups is 1. The molecule has 0 saturated carbocycles. The average Bonchev–Trinajstić information content (AvgIpc) is 3.48. The predicted molar refractivity (Wildman–Crippen MR) is 167 cm³/mol. The molecule has 2 heterocycles. The van der Waals surface area contributed by atoms with E-state index in [-0.39, 0.29) is 36.1 Å². The molecule has 3 aromatic rings. The van der Waals surface area contributed by atoms with Crippen LogP contribution in [0.15, 0.2) is 53.5 Å². The highest BCUT2D eigenvalue weighted by atomic mass is 16.6. The normalized spacial score (nSPS) is 15.9. The second-order valence-corrected chi connectivity index (χ2v) is 10.7. The number of ether oxygens (including phenoxy) is 6. The molecule has 0 aliphatic carbocycles. The summed E-state index contributed by atoms with van der Waals surface area (Å²) in [4.78, 5) is 31.0. The second kappa shape index (κ2) is 14.2. The molecule has 3 aromatic carbocycles. The largest absolute Gasteiger partial charge is 0.493 e. The zero-order valence-corrected chi connectivity index (χ0v) is 25.8. The first kappa shape index (κ1) is 31.4. The van der Waals surface area contributed by atoms with Gasteiger partial charge in [-0.2, -0.15) is 0 Å². The van der Waals surface area contributed by atoms with Crippen LogP contribution in [-0.2, 0) is 0 Å². The number of nitrogens with zero attached hydrogens (tertiary/aromatic N) is 3. The smallest absolute Gasteiger partial charge is 0.315 e. The van der Waals surface area contributed by atoms with Crippen molar-refractivity contribution < 1.29 is 38.1 Å². The van der Waals surface area contributed by atoms with Crippen LogP contribution in [0.5, 0.6) is 40.2 Å². The van der Waals surface area contributed by atoms with Crippen LogP contribution in [0.2, 0.25) is 0 Å².